The maximum Gasteiger partial charge on any atom is 0.540 e. The maximum atomic E-state index is 11.5. The van der Waals surface area contributed by atoms with E-state index < -0.39 is 6.16 Å². The van der Waals surface area contributed by atoms with Crippen molar-refractivity contribution < 1.29 is 19.3 Å². The molecular formula is C21H42O4. The number of carbonyl (C=O) groups is 1. The van der Waals surface area contributed by atoms with E-state index in [4.69, 9.17) is 9.62 Å². The van der Waals surface area contributed by atoms with E-state index in [0.717, 1.165) is 38.5 Å². The molecule has 0 aromatic carbocycles. The lowest BCUT2D eigenvalue weighted by Gasteiger charge is -2.29. The summed E-state index contributed by atoms with van der Waals surface area (Å²) < 4.78 is 5.07. The van der Waals surface area contributed by atoms with Gasteiger partial charge in [-0.25, -0.2) is 4.79 Å². The summed E-state index contributed by atoms with van der Waals surface area (Å²) in [4.78, 5) is 21.2. The molecule has 0 aliphatic heterocycles. The van der Waals surface area contributed by atoms with Crippen molar-refractivity contribution in [3.63, 3.8) is 0 Å². The summed E-state index contributed by atoms with van der Waals surface area (Å²) in [6, 6.07) is 0. The molecule has 0 radical (unpaired) electrons. The Labute approximate surface area is 155 Å². The minimum Gasteiger partial charge on any atom is -0.432 e. The Kier molecular flexibility index (Phi) is 11.4. The SMILES string of the molecule is CCC(CCCOOC(=O)OCCCC(CC)C(C)(C)C)C(C)(C)C. The average molecular weight is 359 g/mol. The Balaban J connectivity index is 3.75. The van der Waals surface area contributed by atoms with Crippen molar-refractivity contribution in [2.75, 3.05) is 13.2 Å². The topological polar surface area (TPSA) is 44.8 Å². The molecule has 2 atom stereocenters. The molecule has 2 unspecified atom stereocenters. The first kappa shape index (κ1) is 24.2. The van der Waals surface area contributed by atoms with E-state index in [1.54, 1.807) is 0 Å². The summed E-state index contributed by atoms with van der Waals surface area (Å²) in [5.41, 5.74) is 0.597. The molecular weight excluding hydrogens is 316 g/mol. The van der Waals surface area contributed by atoms with Crippen molar-refractivity contribution in [1.82, 2.24) is 0 Å². The second-order valence-corrected chi connectivity index (χ2v) is 9.23. The monoisotopic (exact) mass is 358 g/mol. The van der Waals surface area contributed by atoms with Crippen LogP contribution >= 0.6 is 0 Å². The number of carbonyl (C=O) groups excluding carboxylic acids is 1. The lowest BCUT2D eigenvalue weighted by Crippen LogP contribution is -2.21. The zero-order chi connectivity index (χ0) is 19.5. The number of ether oxygens (including phenoxy) is 1. The van der Waals surface area contributed by atoms with Crippen LogP contribution in [-0.4, -0.2) is 19.4 Å². The standard InChI is InChI=1S/C21H42O4/c1-9-17(20(3,4)5)13-11-15-23-19(22)25-24-16-12-14-18(10-2)21(6,7)8/h17-18H,9-16H2,1-8H3. The maximum absolute atomic E-state index is 11.5. The van der Waals surface area contributed by atoms with Gasteiger partial charge in [0.2, 0.25) is 0 Å². The van der Waals surface area contributed by atoms with E-state index in [0.29, 0.717) is 35.9 Å². The van der Waals surface area contributed by atoms with Gasteiger partial charge in [-0.15, -0.1) is 0 Å². The summed E-state index contributed by atoms with van der Waals surface area (Å²) in [5.74, 6) is 1.29. The van der Waals surface area contributed by atoms with Crippen LogP contribution in [0, 0.1) is 22.7 Å². The smallest absolute Gasteiger partial charge is 0.432 e. The Hall–Kier alpha value is -0.770. The lowest BCUT2D eigenvalue weighted by molar-refractivity contribution is -0.255. The second-order valence-electron chi connectivity index (χ2n) is 9.23. The van der Waals surface area contributed by atoms with Crippen molar-refractivity contribution in [2.45, 2.75) is 93.9 Å². The van der Waals surface area contributed by atoms with E-state index in [1.807, 2.05) is 0 Å². The Morgan fingerprint density at radius 1 is 0.800 bits per heavy atom. The van der Waals surface area contributed by atoms with Gasteiger partial charge >= 0.3 is 6.16 Å². The quantitative estimate of drug-likeness (QED) is 0.177. The first-order valence-corrected chi connectivity index (χ1v) is 9.98. The molecule has 150 valence electrons. The molecule has 0 bridgehead atoms. The van der Waals surface area contributed by atoms with Crippen molar-refractivity contribution in [3.8, 4) is 0 Å². The van der Waals surface area contributed by atoms with Gasteiger partial charge in [0, 0.05) is 0 Å². The summed E-state index contributed by atoms with van der Waals surface area (Å²) >= 11 is 0. The second kappa shape index (κ2) is 11.8. The van der Waals surface area contributed by atoms with Crippen LogP contribution < -0.4 is 0 Å². The molecule has 0 fully saturated rings. The number of hydrogen-bond donors (Lipinski definition) is 0. The third-order valence-electron chi connectivity index (χ3n) is 5.26. The molecule has 0 N–H and O–H groups in total. The van der Waals surface area contributed by atoms with Crippen LogP contribution in [0.3, 0.4) is 0 Å². The van der Waals surface area contributed by atoms with Crippen molar-refractivity contribution >= 4 is 6.16 Å². The van der Waals surface area contributed by atoms with E-state index in [-0.39, 0.29) is 0 Å². The molecule has 25 heavy (non-hydrogen) atoms. The molecule has 0 saturated carbocycles. The van der Waals surface area contributed by atoms with E-state index in [9.17, 15) is 4.79 Å². The average Bonchev–Trinajstić information content (AvgIpc) is 2.48. The number of hydrogen-bond acceptors (Lipinski definition) is 4. The van der Waals surface area contributed by atoms with E-state index >= 15 is 0 Å². The molecule has 0 heterocycles. The minimum absolute atomic E-state index is 0.293. The predicted octanol–water partition coefficient (Wildman–Crippen LogP) is 6.78. The van der Waals surface area contributed by atoms with Gasteiger partial charge in [-0.1, -0.05) is 68.2 Å². The van der Waals surface area contributed by atoms with Crippen LogP contribution in [0.2, 0.25) is 0 Å². The van der Waals surface area contributed by atoms with Gasteiger partial charge < -0.3 is 4.74 Å². The normalized spacial score (nSPS) is 14.9. The van der Waals surface area contributed by atoms with Gasteiger partial charge in [-0.2, -0.15) is 4.89 Å². The van der Waals surface area contributed by atoms with Gasteiger partial charge in [-0.3, -0.25) is 4.89 Å². The molecule has 0 aromatic heterocycles. The zero-order valence-corrected chi connectivity index (χ0v) is 17.9. The van der Waals surface area contributed by atoms with Crippen LogP contribution in [0.25, 0.3) is 0 Å². The number of rotatable bonds is 11. The predicted molar refractivity (Wildman–Crippen MR) is 103 cm³/mol. The summed E-state index contributed by atoms with van der Waals surface area (Å²) in [6.45, 7) is 18.8. The Bertz CT molecular complexity index is 352. The molecule has 0 aliphatic carbocycles. The fraction of sp³-hybridized carbons (Fsp3) is 0.952. The third-order valence-corrected chi connectivity index (χ3v) is 5.26. The lowest BCUT2D eigenvalue weighted by atomic mass is 9.77. The molecule has 0 aliphatic rings. The van der Waals surface area contributed by atoms with Crippen LogP contribution in [0.1, 0.15) is 93.9 Å². The van der Waals surface area contributed by atoms with Gasteiger partial charge in [0.25, 0.3) is 0 Å². The fourth-order valence-corrected chi connectivity index (χ4v) is 3.49. The highest BCUT2D eigenvalue weighted by Gasteiger charge is 2.23. The van der Waals surface area contributed by atoms with Gasteiger partial charge in [0.05, 0.1) is 13.2 Å². The first-order chi connectivity index (χ1) is 11.5. The third kappa shape index (κ3) is 11.5. The highest BCUT2D eigenvalue weighted by Crippen LogP contribution is 2.32. The van der Waals surface area contributed by atoms with Crippen molar-refractivity contribution in [1.29, 1.82) is 0 Å². The van der Waals surface area contributed by atoms with Crippen LogP contribution in [0.15, 0.2) is 0 Å². The summed E-state index contributed by atoms with van der Waals surface area (Å²) in [6.07, 6.45) is 5.43. The molecule has 0 aromatic rings. The molecule has 4 heteroatoms. The van der Waals surface area contributed by atoms with Crippen LogP contribution in [0.5, 0.6) is 0 Å². The summed E-state index contributed by atoms with van der Waals surface area (Å²) in [5, 5.41) is 0. The first-order valence-electron chi connectivity index (χ1n) is 9.98. The van der Waals surface area contributed by atoms with Gasteiger partial charge in [0.15, 0.2) is 0 Å². The van der Waals surface area contributed by atoms with Crippen LogP contribution in [0.4, 0.5) is 4.79 Å². The largest absolute Gasteiger partial charge is 0.540 e. The van der Waals surface area contributed by atoms with Crippen LogP contribution in [-0.2, 0) is 14.5 Å². The van der Waals surface area contributed by atoms with Gasteiger partial charge in [-0.05, 0) is 48.3 Å². The summed E-state index contributed by atoms with van der Waals surface area (Å²) in [7, 11) is 0. The molecule has 4 nitrogen and oxygen atoms in total. The highest BCUT2D eigenvalue weighted by molar-refractivity contribution is 5.58. The molecule has 0 rings (SSSR count). The molecule has 0 spiro atoms. The van der Waals surface area contributed by atoms with Crippen molar-refractivity contribution in [3.05, 3.63) is 0 Å². The highest BCUT2D eigenvalue weighted by atomic mass is 17.2. The van der Waals surface area contributed by atoms with Gasteiger partial charge in [0.1, 0.15) is 0 Å². The minimum atomic E-state index is -0.730. The van der Waals surface area contributed by atoms with E-state index in [1.165, 1.54) is 0 Å². The molecule has 0 saturated heterocycles. The van der Waals surface area contributed by atoms with E-state index in [2.05, 4.69) is 60.3 Å². The zero-order valence-electron chi connectivity index (χ0n) is 17.9. The Morgan fingerprint density at radius 2 is 1.24 bits per heavy atom. The Morgan fingerprint density at radius 3 is 1.64 bits per heavy atom. The van der Waals surface area contributed by atoms with Crippen molar-refractivity contribution in [2.24, 2.45) is 22.7 Å². The molecule has 0 amide bonds. The fourth-order valence-electron chi connectivity index (χ4n) is 3.49.